The van der Waals surface area contributed by atoms with Crippen LogP contribution >= 0.6 is 0 Å². The maximum absolute atomic E-state index is 12.0. The number of aromatic amines is 1. The van der Waals surface area contributed by atoms with Crippen LogP contribution in [-0.4, -0.2) is 34.6 Å². The summed E-state index contributed by atoms with van der Waals surface area (Å²) < 4.78 is 1.92. The quantitative estimate of drug-likeness (QED) is 0.810. The number of nitrogens with zero attached hydrogens (tertiary/aromatic N) is 2. The van der Waals surface area contributed by atoms with Crippen molar-refractivity contribution in [2.75, 3.05) is 20.1 Å². The van der Waals surface area contributed by atoms with Gasteiger partial charge in [0, 0.05) is 6.54 Å². The molecule has 1 aromatic carbocycles. The molecule has 4 heteroatoms. The molecule has 1 saturated heterocycles. The molecule has 1 unspecified atom stereocenters. The molecule has 0 spiro atoms. The number of nitrogens with one attached hydrogen (secondary N) is 1. The number of hydrogen-bond acceptors (Lipinski definition) is 2. The third-order valence-corrected chi connectivity index (χ3v) is 3.59. The highest BCUT2D eigenvalue weighted by Crippen LogP contribution is 2.22. The minimum absolute atomic E-state index is 0.0199. The Bertz CT molecular complexity index is 584. The Morgan fingerprint density at radius 3 is 3.00 bits per heavy atom. The van der Waals surface area contributed by atoms with Crippen LogP contribution in [0.2, 0.25) is 0 Å². The maximum Gasteiger partial charge on any atom is 0.326 e. The lowest BCUT2D eigenvalue weighted by atomic mass is 10.1. The molecule has 1 aliphatic heterocycles. The number of fused-ring (bicyclic) bond motifs is 1. The summed E-state index contributed by atoms with van der Waals surface area (Å²) >= 11 is 0. The number of hydrogen-bond donors (Lipinski definition) is 1. The number of likely N-dealkylation sites (N-methyl/N-ethyl adjacent to an activating group) is 1. The number of imidazole rings is 1. The molecule has 3 rings (SSSR count). The largest absolute Gasteiger partial charge is 0.326 e. The Labute approximate surface area is 99.9 Å². The molecule has 0 amide bonds. The Kier molecular flexibility index (Phi) is 2.52. The Morgan fingerprint density at radius 2 is 2.18 bits per heavy atom. The van der Waals surface area contributed by atoms with E-state index in [9.17, 15) is 4.79 Å². The van der Waals surface area contributed by atoms with Gasteiger partial charge in [-0.2, -0.15) is 0 Å². The topological polar surface area (TPSA) is 41.0 Å². The van der Waals surface area contributed by atoms with Crippen molar-refractivity contribution in [3.63, 3.8) is 0 Å². The van der Waals surface area contributed by atoms with E-state index in [0.717, 1.165) is 37.0 Å². The fourth-order valence-electron chi connectivity index (χ4n) is 2.79. The van der Waals surface area contributed by atoms with E-state index in [1.165, 1.54) is 0 Å². The lowest BCUT2D eigenvalue weighted by Crippen LogP contribution is -2.36. The van der Waals surface area contributed by atoms with Crippen LogP contribution in [0.5, 0.6) is 0 Å². The van der Waals surface area contributed by atoms with Crippen LogP contribution in [-0.2, 0) is 0 Å². The van der Waals surface area contributed by atoms with Gasteiger partial charge in [-0.1, -0.05) is 12.1 Å². The van der Waals surface area contributed by atoms with Gasteiger partial charge in [0.15, 0.2) is 0 Å². The number of para-hydroxylation sites is 2. The summed E-state index contributed by atoms with van der Waals surface area (Å²) in [7, 11) is 2.12. The van der Waals surface area contributed by atoms with Crippen LogP contribution in [0.25, 0.3) is 11.0 Å². The van der Waals surface area contributed by atoms with Crippen LogP contribution in [0.15, 0.2) is 29.1 Å². The molecule has 0 radical (unpaired) electrons. The van der Waals surface area contributed by atoms with Gasteiger partial charge in [0.05, 0.1) is 17.1 Å². The zero-order chi connectivity index (χ0) is 11.8. The fraction of sp³-hybridized carbons (Fsp3) is 0.462. The van der Waals surface area contributed by atoms with Crippen molar-refractivity contribution in [1.82, 2.24) is 14.5 Å². The molecule has 1 aliphatic rings. The number of rotatable bonds is 1. The van der Waals surface area contributed by atoms with Crippen molar-refractivity contribution < 1.29 is 0 Å². The van der Waals surface area contributed by atoms with Crippen molar-refractivity contribution in [3.05, 3.63) is 34.7 Å². The van der Waals surface area contributed by atoms with Gasteiger partial charge < -0.3 is 9.88 Å². The highest BCUT2D eigenvalue weighted by atomic mass is 16.1. The van der Waals surface area contributed by atoms with Gasteiger partial charge in [0.2, 0.25) is 0 Å². The van der Waals surface area contributed by atoms with E-state index in [4.69, 9.17) is 0 Å². The Balaban J connectivity index is 2.10. The second kappa shape index (κ2) is 4.04. The minimum atomic E-state index is 0.0199. The molecule has 90 valence electrons. The van der Waals surface area contributed by atoms with Crippen molar-refractivity contribution in [3.8, 4) is 0 Å². The van der Waals surface area contributed by atoms with Crippen LogP contribution in [0.1, 0.15) is 18.9 Å². The van der Waals surface area contributed by atoms with Gasteiger partial charge in [-0.25, -0.2) is 4.79 Å². The van der Waals surface area contributed by atoms with Crippen molar-refractivity contribution in [2.45, 2.75) is 18.9 Å². The van der Waals surface area contributed by atoms with Gasteiger partial charge in [0.25, 0.3) is 0 Å². The lowest BCUT2D eigenvalue weighted by Gasteiger charge is -2.30. The summed E-state index contributed by atoms with van der Waals surface area (Å²) in [6.07, 6.45) is 2.25. The normalized spacial score (nSPS) is 22.1. The molecule has 1 aromatic heterocycles. The summed E-state index contributed by atoms with van der Waals surface area (Å²) in [4.78, 5) is 17.3. The molecule has 2 heterocycles. The fourth-order valence-corrected chi connectivity index (χ4v) is 2.79. The Hall–Kier alpha value is -1.55. The second-order valence-corrected chi connectivity index (χ2v) is 4.88. The number of H-pyrrole nitrogens is 1. The van der Waals surface area contributed by atoms with Crippen molar-refractivity contribution in [1.29, 1.82) is 0 Å². The number of aromatic nitrogens is 2. The molecule has 0 bridgehead atoms. The summed E-state index contributed by atoms with van der Waals surface area (Å²) in [5, 5.41) is 0. The first kappa shape index (κ1) is 10.6. The van der Waals surface area contributed by atoms with Crippen molar-refractivity contribution in [2.24, 2.45) is 0 Å². The van der Waals surface area contributed by atoms with Gasteiger partial charge >= 0.3 is 5.69 Å². The molecule has 1 fully saturated rings. The SMILES string of the molecule is CN1CCCC(n2c(=O)[nH]c3ccccc32)C1. The molecule has 1 atom stereocenters. The molecular formula is C13H17N3O. The van der Waals surface area contributed by atoms with Crippen LogP contribution in [0.3, 0.4) is 0 Å². The Morgan fingerprint density at radius 1 is 1.35 bits per heavy atom. The average Bonchev–Trinajstić information content (AvgIpc) is 2.64. The summed E-state index contributed by atoms with van der Waals surface area (Å²) in [6.45, 7) is 2.09. The summed E-state index contributed by atoms with van der Waals surface area (Å²) in [6, 6.07) is 8.22. The average molecular weight is 231 g/mol. The van der Waals surface area contributed by atoms with Gasteiger partial charge in [-0.15, -0.1) is 0 Å². The maximum atomic E-state index is 12.0. The predicted molar refractivity (Wildman–Crippen MR) is 68.3 cm³/mol. The van der Waals surface area contributed by atoms with Crippen LogP contribution < -0.4 is 5.69 Å². The first-order chi connectivity index (χ1) is 8.25. The number of benzene rings is 1. The molecule has 4 nitrogen and oxygen atoms in total. The highest BCUT2D eigenvalue weighted by Gasteiger charge is 2.21. The van der Waals surface area contributed by atoms with E-state index >= 15 is 0 Å². The van der Waals surface area contributed by atoms with Gasteiger partial charge in [0.1, 0.15) is 0 Å². The monoisotopic (exact) mass is 231 g/mol. The third kappa shape index (κ3) is 1.78. The molecule has 0 saturated carbocycles. The first-order valence-corrected chi connectivity index (χ1v) is 6.13. The summed E-state index contributed by atoms with van der Waals surface area (Å²) in [5.74, 6) is 0. The van der Waals surface area contributed by atoms with E-state index in [0.29, 0.717) is 6.04 Å². The summed E-state index contributed by atoms with van der Waals surface area (Å²) in [5.41, 5.74) is 1.98. The van der Waals surface area contributed by atoms with E-state index in [1.54, 1.807) is 0 Å². The van der Waals surface area contributed by atoms with E-state index in [2.05, 4.69) is 16.9 Å². The van der Waals surface area contributed by atoms with E-state index < -0.39 is 0 Å². The first-order valence-electron chi connectivity index (χ1n) is 6.13. The van der Waals surface area contributed by atoms with Gasteiger partial charge in [-0.05, 0) is 38.6 Å². The zero-order valence-corrected chi connectivity index (χ0v) is 10.0. The molecule has 2 aromatic rings. The minimum Gasteiger partial charge on any atom is -0.306 e. The van der Waals surface area contributed by atoms with Crippen LogP contribution in [0, 0.1) is 0 Å². The molecule has 1 N–H and O–H groups in total. The molecule has 0 aliphatic carbocycles. The smallest absolute Gasteiger partial charge is 0.306 e. The zero-order valence-electron chi connectivity index (χ0n) is 10.0. The number of likely N-dealkylation sites (tertiary alicyclic amines) is 1. The van der Waals surface area contributed by atoms with E-state index in [-0.39, 0.29) is 5.69 Å². The van der Waals surface area contributed by atoms with Crippen LogP contribution in [0.4, 0.5) is 0 Å². The second-order valence-electron chi connectivity index (χ2n) is 4.88. The predicted octanol–water partition coefficient (Wildman–Crippen LogP) is 1.60. The van der Waals surface area contributed by atoms with Crippen molar-refractivity contribution >= 4 is 11.0 Å². The molecule has 17 heavy (non-hydrogen) atoms. The van der Waals surface area contributed by atoms with Gasteiger partial charge in [-0.3, -0.25) is 4.57 Å². The molecular weight excluding hydrogens is 214 g/mol. The van der Waals surface area contributed by atoms with E-state index in [1.807, 2.05) is 28.8 Å². The third-order valence-electron chi connectivity index (χ3n) is 3.59. The highest BCUT2D eigenvalue weighted by molar-refractivity contribution is 5.75. The standard InChI is InChI=1S/C13H17N3O/c1-15-8-4-5-10(9-15)16-12-7-3-2-6-11(12)14-13(16)17/h2-3,6-7,10H,4-5,8-9H2,1H3,(H,14,17). The number of piperidine rings is 1. The lowest BCUT2D eigenvalue weighted by molar-refractivity contribution is 0.212.